The second-order valence-corrected chi connectivity index (χ2v) is 8.34. The number of rotatable bonds is 6. The zero-order chi connectivity index (χ0) is 15.5. The van der Waals surface area contributed by atoms with Gasteiger partial charge in [-0.05, 0) is 44.0 Å². The molecule has 114 valence electrons. The Bertz CT molecular complexity index is 548. The summed E-state index contributed by atoms with van der Waals surface area (Å²) >= 11 is 3.48. The number of hydrogen-bond acceptors (Lipinski definition) is 3. The van der Waals surface area contributed by atoms with E-state index >= 15 is 0 Å². The summed E-state index contributed by atoms with van der Waals surface area (Å²) < 4.78 is 28.2. The molecule has 0 amide bonds. The number of aryl methyl sites for hydroxylation is 2. The van der Waals surface area contributed by atoms with Crippen molar-refractivity contribution in [2.24, 2.45) is 0 Å². The number of anilines is 1. The molecule has 1 atom stereocenters. The van der Waals surface area contributed by atoms with Crippen molar-refractivity contribution in [1.82, 2.24) is 5.32 Å². The van der Waals surface area contributed by atoms with Crippen molar-refractivity contribution in [3.8, 4) is 0 Å². The summed E-state index contributed by atoms with van der Waals surface area (Å²) in [7, 11) is -3.38. The minimum Gasteiger partial charge on any atom is -0.313 e. The molecule has 0 spiro atoms. The van der Waals surface area contributed by atoms with E-state index in [1.165, 1.54) is 0 Å². The van der Waals surface area contributed by atoms with E-state index in [1.807, 2.05) is 39.8 Å². The van der Waals surface area contributed by atoms with Crippen molar-refractivity contribution in [3.05, 3.63) is 27.7 Å². The lowest BCUT2D eigenvalue weighted by Crippen LogP contribution is -2.37. The molecule has 0 heterocycles. The first-order valence-corrected chi connectivity index (χ1v) is 8.99. The Morgan fingerprint density at radius 2 is 1.65 bits per heavy atom. The van der Waals surface area contributed by atoms with Crippen molar-refractivity contribution < 1.29 is 8.42 Å². The maximum Gasteiger partial charge on any atom is 0.236 e. The molecule has 2 N–H and O–H groups in total. The Balaban J connectivity index is 2.86. The van der Waals surface area contributed by atoms with Gasteiger partial charge in [-0.25, -0.2) is 8.42 Å². The fourth-order valence-electron chi connectivity index (χ4n) is 1.78. The van der Waals surface area contributed by atoms with Crippen LogP contribution in [-0.2, 0) is 10.0 Å². The van der Waals surface area contributed by atoms with Gasteiger partial charge in [0.25, 0.3) is 0 Å². The summed E-state index contributed by atoms with van der Waals surface area (Å²) in [4.78, 5) is 0. The normalized spacial score (nSPS) is 13.6. The first-order valence-electron chi connectivity index (χ1n) is 6.65. The molecule has 0 aliphatic rings. The summed E-state index contributed by atoms with van der Waals surface area (Å²) in [5.74, 6) is 0. The highest BCUT2D eigenvalue weighted by Gasteiger charge is 2.21. The van der Waals surface area contributed by atoms with Crippen molar-refractivity contribution in [2.75, 3.05) is 11.3 Å². The molecule has 0 aliphatic carbocycles. The Morgan fingerprint density at radius 3 is 2.10 bits per heavy atom. The molecule has 0 saturated heterocycles. The van der Waals surface area contributed by atoms with E-state index < -0.39 is 15.3 Å². The predicted octanol–water partition coefficient (Wildman–Crippen LogP) is 3.19. The molecule has 4 nitrogen and oxygen atoms in total. The van der Waals surface area contributed by atoms with E-state index in [2.05, 4.69) is 26.0 Å². The number of benzene rings is 1. The number of nitrogens with one attached hydrogen (secondary N) is 2. The molecule has 0 aromatic heterocycles. The predicted molar refractivity (Wildman–Crippen MR) is 88.8 cm³/mol. The molecule has 0 radical (unpaired) electrons. The van der Waals surface area contributed by atoms with E-state index in [1.54, 1.807) is 6.92 Å². The molecule has 1 unspecified atom stereocenters. The standard InChI is InChI=1S/C14H23BrN2O2S/c1-9(2)16-8-12(5)20(18,19)17-13-6-10(3)14(15)11(4)7-13/h6-7,9,12,16-17H,8H2,1-5H3. The number of sulfonamides is 1. The summed E-state index contributed by atoms with van der Waals surface area (Å²) in [6, 6.07) is 3.93. The molecule has 0 fully saturated rings. The van der Waals surface area contributed by atoms with Crippen molar-refractivity contribution in [3.63, 3.8) is 0 Å². The van der Waals surface area contributed by atoms with Crippen LogP contribution in [0.1, 0.15) is 31.9 Å². The summed E-state index contributed by atoms with van der Waals surface area (Å²) in [6.45, 7) is 10.0. The Morgan fingerprint density at radius 1 is 1.15 bits per heavy atom. The van der Waals surface area contributed by atoms with E-state index in [0.717, 1.165) is 15.6 Å². The van der Waals surface area contributed by atoms with Gasteiger partial charge < -0.3 is 5.32 Å². The fourth-order valence-corrected chi connectivity index (χ4v) is 2.97. The van der Waals surface area contributed by atoms with E-state index in [-0.39, 0.29) is 6.04 Å². The third kappa shape index (κ3) is 4.75. The minimum absolute atomic E-state index is 0.268. The fraction of sp³-hybridized carbons (Fsp3) is 0.571. The molecule has 6 heteroatoms. The average Bonchev–Trinajstić information content (AvgIpc) is 2.32. The second kappa shape index (κ2) is 6.91. The van der Waals surface area contributed by atoms with Crippen LogP contribution in [0, 0.1) is 13.8 Å². The minimum atomic E-state index is -3.38. The summed E-state index contributed by atoms with van der Waals surface area (Å²) in [6.07, 6.45) is 0. The quantitative estimate of drug-likeness (QED) is 0.816. The third-order valence-corrected chi connectivity index (χ3v) is 6.04. The van der Waals surface area contributed by atoms with Gasteiger partial charge in [0.05, 0.1) is 5.25 Å². The SMILES string of the molecule is Cc1cc(NS(=O)(=O)C(C)CNC(C)C)cc(C)c1Br. The maximum absolute atomic E-state index is 12.3. The first kappa shape index (κ1) is 17.5. The highest BCUT2D eigenvalue weighted by atomic mass is 79.9. The zero-order valence-electron chi connectivity index (χ0n) is 12.6. The molecule has 1 aromatic carbocycles. The van der Waals surface area contributed by atoms with Crippen LogP contribution in [0.3, 0.4) is 0 Å². The van der Waals surface area contributed by atoms with Crippen molar-refractivity contribution in [1.29, 1.82) is 0 Å². The highest BCUT2D eigenvalue weighted by molar-refractivity contribution is 9.10. The topological polar surface area (TPSA) is 58.2 Å². The van der Waals surface area contributed by atoms with Crippen molar-refractivity contribution >= 4 is 31.6 Å². The van der Waals surface area contributed by atoms with Crippen LogP contribution in [0.15, 0.2) is 16.6 Å². The molecule has 1 aromatic rings. The summed E-state index contributed by atoms with van der Waals surface area (Å²) in [5, 5.41) is 2.65. The van der Waals surface area contributed by atoms with E-state index in [9.17, 15) is 8.42 Å². The maximum atomic E-state index is 12.3. The Hall–Kier alpha value is -0.590. The molecule has 0 aliphatic heterocycles. The number of hydrogen-bond donors (Lipinski definition) is 2. The van der Waals surface area contributed by atoms with Gasteiger partial charge in [-0.3, -0.25) is 4.72 Å². The lowest BCUT2D eigenvalue weighted by atomic mass is 10.1. The van der Waals surface area contributed by atoms with Crippen LogP contribution < -0.4 is 10.0 Å². The van der Waals surface area contributed by atoms with Crippen LogP contribution >= 0.6 is 15.9 Å². The van der Waals surface area contributed by atoms with Crippen LogP contribution in [-0.4, -0.2) is 26.3 Å². The highest BCUT2D eigenvalue weighted by Crippen LogP contribution is 2.25. The van der Waals surface area contributed by atoms with Gasteiger partial charge in [0.15, 0.2) is 0 Å². The van der Waals surface area contributed by atoms with Crippen LogP contribution in [0.2, 0.25) is 0 Å². The van der Waals surface area contributed by atoms with Gasteiger partial charge in [0.2, 0.25) is 10.0 Å². The van der Waals surface area contributed by atoms with Crippen LogP contribution in [0.4, 0.5) is 5.69 Å². The van der Waals surface area contributed by atoms with Gasteiger partial charge >= 0.3 is 0 Å². The largest absolute Gasteiger partial charge is 0.313 e. The lowest BCUT2D eigenvalue weighted by molar-refractivity contribution is 0.553. The molecule has 1 rings (SSSR count). The molecule has 0 bridgehead atoms. The summed E-state index contributed by atoms with van der Waals surface area (Å²) in [5.41, 5.74) is 2.63. The van der Waals surface area contributed by atoms with Gasteiger partial charge in [0.1, 0.15) is 0 Å². The molecule has 20 heavy (non-hydrogen) atoms. The van der Waals surface area contributed by atoms with Gasteiger partial charge in [-0.15, -0.1) is 0 Å². The van der Waals surface area contributed by atoms with Crippen LogP contribution in [0.25, 0.3) is 0 Å². The van der Waals surface area contributed by atoms with Gasteiger partial charge in [-0.1, -0.05) is 29.8 Å². The molecule has 0 saturated carbocycles. The Labute approximate surface area is 130 Å². The lowest BCUT2D eigenvalue weighted by Gasteiger charge is -2.18. The monoisotopic (exact) mass is 362 g/mol. The van der Waals surface area contributed by atoms with Gasteiger partial charge in [0, 0.05) is 22.7 Å². The van der Waals surface area contributed by atoms with Crippen LogP contribution in [0.5, 0.6) is 0 Å². The number of halogens is 1. The second-order valence-electron chi connectivity index (χ2n) is 5.44. The molecular weight excluding hydrogens is 340 g/mol. The van der Waals surface area contributed by atoms with E-state index in [0.29, 0.717) is 12.2 Å². The van der Waals surface area contributed by atoms with Crippen molar-refractivity contribution in [2.45, 2.75) is 45.9 Å². The Kier molecular flexibility index (Phi) is 6.04. The third-order valence-electron chi connectivity index (χ3n) is 3.04. The zero-order valence-corrected chi connectivity index (χ0v) is 15.0. The van der Waals surface area contributed by atoms with Gasteiger partial charge in [-0.2, -0.15) is 0 Å². The smallest absolute Gasteiger partial charge is 0.236 e. The van der Waals surface area contributed by atoms with E-state index in [4.69, 9.17) is 0 Å². The first-order chi connectivity index (χ1) is 9.13. The molecular formula is C14H23BrN2O2S. The average molecular weight is 363 g/mol.